The summed E-state index contributed by atoms with van der Waals surface area (Å²) in [4.78, 5) is 39.0. The quantitative estimate of drug-likeness (QED) is 0.265. The van der Waals surface area contributed by atoms with Gasteiger partial charge in [-0.1, -0.05) is 13.8 Å². The van der Waals surface area contributed by atoms with Crippen LogP contribution in [0.4, 0.5) is 0 Å². The van der Waals surface area contributed by atoms with Gasteiger partial charge in [0.1, 0.15) is 6.04 Å². The molecule has 0 radical (unpaired) electrons. The zero-order chi connectivity index (χ0) is 27.3. The first-order valence-corrected chi connectivity index (χ1v) is 12.5. The average Bonchev–Trinajstić information content (AvgIpc) is 3.70. The smallest absolute Gasteiger partial charge is 0.245 e. The van der Waals surface area contributed by atoms with Crippen molar-refractivity contribution in [1.29, 1.82) is 0 Å². The van der Waals surface area contributed by atoms with Gasteiger partial charge in [-0.05, 0) is 43.2 Å². The predicted molar refractivity (Wildman–Crippen MR) is 133 cm³/mol. The largest absolute Gasteiger partial charge is 0.493 e. The van der Waals surface area contributed by atoms with E-state index in [4.69, 9.17) is 18.9 Å². The van der Waals surface area contributed by atoms with E-state index in [0.717, 1.165) is 11.1 Å². The number of hydrogen-bond donors (Lipinski definition) is 4. The molecule has 0 spiro atoms. The minimum atomic E-state index is -1.29. The number of Topliss-reactive ketones (excluding diaryl/α,β-unsaturated/α-hetero) is 1. The molecule has 1 heterocycles. The van der Waals surface area contributed by atoms with Crippen molar-refractivity contribution >= 4 is 17.6 Å². The Kier molecular flexibility index (Phi) is 9.38. The number of amides is 2. The zero-order valence-electron chi connectivity index (χ0n) is 22.1. The number of rotatable bonds is 13. The lowest BCUT2D eigenvalue weighted by Crippen LogP contribution is -2.56. The number of aryl methyl sites for hydroxylation is 1. The summed E-state index contributed by atoms with van der Waals surface area (Å²) in [6.07, 6.45) is 1.80. The van der Waals surface area contributed by atoms with E-state index >= 15 is 0 Å². The van der Waals surface area contributed by atoms with Crippen LogP contribution < -0.4 is 24.8 Å². The highest BCUT2D eigenvalue weighted by Crippen LogP contribution is 2.45. The van der Waals surface area contributed by atoms with Gasteiger partial charge in [-0.2, -0.15) is 0 Å². The summed E-state index contributed by atoms with van der Waals surface area (Å²) in [6.45, 7) is 2.78. The van der Waals surface area contributed by atoms with Crippen molar-refractivity contribution in [2.45, 2.75) is 57.2 Å². The highest BCUT2D eigenvalue weighted by molar-refractivity contribution is 5.98. The van der Waals surface area contributed by atoms with Gasteiger partial charge >= 0.3 is 0 Å². The molecule has 1 unspecified atom stereocenters. The first-order chi connectivity index (χ1) is 17.6. The van der Waals surface area contributed by atoms with E-state index in [-0.39, 0.29) is 18.4 Å². The normalized spacial score (nSPS) is 21.9. The number of fused-ring (bicyclic) bond motifs is 1. The average molecular weight is 523 g/mol. The molecule has 3 rings (SSSR count). The van der Waals surface area contributed by atoms with Crippen LogP contribution in [0.1, 0.15) is 37.8 Å². The maximum atomic E-state index is 13.2. The summed E-state index contributed by atoms with van der Waals surface area (Å²) >= 11 is 0. The molecule has 206 valence electrons. The Morgan fingerprint density at radius 3 is 2.27 bits per heavy atom. The Morgan fingerprint density at radius 1 is 1.08 bits per heavy atom. The summed E-state index contributed by atoms with van der Waals surface area (Å²) in [5.41, 5.74) is 0.534. The Bertz CT molecular complexity index is 1010. The first-order valence-electron chi connectivity index (χ1n) is 12.5. The van der Waals surface area contributed by atoms with Gasteiger partial charge in [-0.3, -0.25) is 14.4 Å². The van der Waals surface area contributed by atoms with Crippen molar-refractivity contribution in [3.8, 4) is 17.2 Å². The molecule has 1 fully saturated rings. The molecule has 4 atom stereocenters. The van der Waals surface area contributed by atoms with Crippen LogP contribution in [0.5, 0.6) is 17.2 Å². The molecule has 1 saturated heterocycles. The number of epoxide rings is 1. The Morgan fingerprint density at radius 2 is 1.76 bits per heavy atom. The van der Waals surface area contributed by atoms with E-state index in [1.165, 1.54) is 14.2 Å². The molecule has 11 heteroatoms. The molecular formula is C26H38N2O9. The number of nitrogens with one attached hydrogen (secondary N) is 2. The molecule has 1 aromatic rings. The highest BCUT2D eigenvalue weighted by Gasteiger charge is 2.54. The number of methoxy groups -OCH3 is 3. The van der Waals surface area contributed by atoms with Gasteiger partial charge in [0.2, 0.25) is 17.6 Å². The van der Waals surface area contributed by atoms with E-state index < -0.39 is 48.5 Å². The lowest BCUT2D eigenvalue weighted by Gasteiger charge is -2.29. The minimum absolute atomic E-state index is 0.0683. The number of ether oxygens (including phenoxy) is 4. The number of carbonyl (C=O) groups excluding carboxylic acids is 3. The minimum Gasteiger partial charge on any atom is -0.493 e. The van der Waals surface area contributed by atoms with Gasteiger partial charge in [-0.25, -0.2) is 0 Å². The van der Waals surface area contributed by atoms with Crippen LogP contribution in [0.3, 0.4) is 0 Å². The molecule has 4 N–H and O–H groups in total. The van der Waals surface area contributed by atoms with Crippen LogP contribution in [0.15, 0.2) is 6.07 Å². The van der Waals surface area contributed by atoms with Crippen LogP contribution in [-0.2, 0) is 32.0 Å². The van der Waals surface area contributed by atoms with Gasteiger partial charge in [0, 0.05) is 11.5 Å². The maximum absolute atomic E-state index is 13.2. The summed E-state index contributed by atoms with van der Waals surface area (Å²) < 4.78 is 21.6. The van der Waals surface area contributed by atoms with Gasteiger partial charge in [0.25, 0.3) is 0 Å². The number of aliphatic hydroxyl groups excluding tert-OH is 2. The standard InChI is InChI=1S/C26H38N2O9/c1-14(2)8-18(23(31)26(12-30)13-37-26)27-25(33)19(11-29)28-24(32)16-7-6-15-10-20(34-3)22(36-5)21(35-4)17(15)9-16/h10,14,16,18-19,29-30H,6-9,11-13H2,1-5H3,(H,27,33)(H,28,32)/t16-,18?,19-,26+/m0/s1. The zero-order valence-corrected chi connectivity index (χ0v) is 22.1. The predicted octanol–water partition coefficient (Wildman–Crippen LogP) is 0.156. The van der Waals surface area contributed by atoms with Crippen LogP contribution in [0, 0.1) is 11.8 Å². The fraction of sp³-hybridized carbons (Fsp3) is 0.654. The second kappa shape index (κ2) is 12.1. The van der Waals surface area contributed by atoms with Crippen molar-refractivity contribution in [1.82, 2.24) is 10.6 Å². The fourth-order valence-corrected chi connectivity index (χ4v) is 4.79. The number of aliphatic hydroxyl groups is 2. The molecule has 1 aromatic carbocycles. The lowest BCUT2D eigenvalue weighted by molar-refractivity contribution is -0.135. The third-order valence-corrected chi connectivity index (χ3v) is 6.96. The summed E-state index contributed by atoms with van der Waals surface area (Å²) in [5, 5.41) is 24.7. The fourth-order valence-electron chi connectivity index (χ4n) is 4.79. The molecule has 0 bridgehead atoms. The number of hydrogen-bond acceptors (Lipinski definition) is 9. The Labute approximate surface area is 216 Å². The third-order valence-electron chi connectivity index (χ3n) is 6.96. The molecule has 37 heavy (non-hydrogen) atoms. The van der Waals surface area contributed by atoms with Crippen molar-refractivity contribution in [2.24, 2.45) is 11.8 Å². The SMILES string of the molecule is COc1cc2c(c(OC)c1OC)C[C@@H](C(=O)N[C@@H](CO)C(=O)NC(CC(C)C)C(=O)[C@@]1(CO)CO1)CC2. The molecule has 1 aliphatic heterocycles. The molecule has 1 aliphatic carbocycles. The van der Waals surface area contributed by atoms with Crippen LogP contribution in [-0.4, -0.2) is 86.6 Å². The highest BCUT2D eigenvalue weighted by atomic mass is 16.6. The van der Waals surface area contributed by atoms with Crippen LogP contribution in [0.25, 0.3) is 0 Å². The van der Waals surface area contributed by atoms with E-state index in [2.05, 4.69) is 10.6 Å². The molecule has 0 saturated carbocycles. The molecule has 11 nitrogen and oxygen atoms in total. The van der Waals surface area contributed by atoms with Crippen molar-refractivity contribution in [2.75, 3.05) is 41.2 Å². The molecule has 0 aromatic heterocycles. The number of carbonyl (C=O) groups is 3. The second-order valence-corrected chi connectivity index (χ2v) is 9.96. The lowest BCUT2D eigenvalue weighted by atomic mass is 9.82. The van der Waals surface area contributed by atoms with E-state index in [1.807, 2.05) is 19.9 Å². The summed E-state index contributed by atoms with van der Waals surface area (Å²) in [5.74, 6) is -0.390. The monoisotopic (exact) mass is 522 g/mol. The van der Waals surface area contributed by atoms with Crippen LogP contribution in [0.2, 0.25) is 0 Å². The topological polar surface area (TPSA) is 156 Å². The molecular weight excluding hydrogens is 484 g/mol. The van der Waals surface area contributed by atoms with Gasteiger partial charge in [0.15, 0.2) is 22.9 Å². The summed E-state index contributed by atoms with van der Waals surface area (Å²) in [7, 11) is 4.58. The first kappa shape index (κ1) is 28.7. The second-order valence-electron chi connectivity index (χ2n) is 9.96. The Balaban J connectivity index is 1.71. The molecule has 2 aliphatic rings. The van der Waals surface area contributed by atoms with Crippen molar-refractivity contribution in [3.05, 3.63) is 17.2 Å². The van der Waals surface area contributed by atoms with Gasteiger partial charge < -0.3 is 39.8 Å². The summed E-state index contributed by atoms with van der Waals surface area (Å²) in [6, 6.07) is -0.279. The third kappa shape index (κ3) is 6.16. The molecule has 2 amide bonds. The van der Waals surface area contributed by atoms with Gasteiger partial charge in [0.05, 0.1) is 47.2 Å². The van der Waals surface area contributed by atoms with E-state index in [9.17, 15) is 24.6 Å². The maximum Gasteiger partial charge on any atom is 0.245 e. The van der Waals surface area contributed by atoms with E-state index in [1.54, 1.807) is 7.11 Å². The van der Waals surface area contributed by atoms with Gasteiger partial charge in [-0.15, -0.1) is 0 Å². The number of ketones is 1. The van der Waals surface area contributed by atoms with E-state index in [0.29, 0.717) is 42.9 Å². The number of benzene rings is 1. The Hall–Kier alpha value is -2.89. The van der Waals surface area contributed by atoms with Crippen molar-refractivity contribution in [3.63, 3.8) is 0 Å². The van der Waals surface area contributed by atoms with Crippen LogP contribution >= 0.6 is 0 Å². The van der Waals surface area contributed by atoms with Crippen molar-refractivity contribution < 1.29 is 43.5 Å².